The smallest absolute Gasteiger partial charge is 0.249 e. The fourth-order valence-electron chi connectivity index (χ4n) is 3.75. The van der Waals surface area contributed by atoms with Gasteiger partial charge in [-0.3, -0.25) is 4.79 Å². The first-order chi connectivity index (χ1) is 16.1. The van der Waals surface area contributed by atoms with E-state index in [-0.39, 0.29) is 5.91 Å². The van der Waals surface area contributed by atoms with Crippen molar-refractivity contribution in [2.75, 3.05) is 12.4 Å². The van der Waals surface area contributed by atoms with E-state index in [1.165, 1.54) is 22.3 Å². The van der Waals surface area contributed by atoms with Crippen LogP contribution in [0.4, 0.5) is 5.00 Å². The van der Waals surface area contributed by atoms with Gasteiger partial charge in [-0.1, -0.05) is 29.8 Å². The van der Waals surface area contributed by atoms with E-state index in [9.17, 15) is 10.1 Å². The van der Waals surface area contributed by atoms with Crippen molar-refractivity contribution in [2.24, 2.45) is 0 Å². The fraction of sp³-hybridized carbons (Fsp3) is 0.231. The van der Waals surface area contributed by atoms with Crippen LogP contribution >= 0.6 is 22.9 Å². The zero-order chi connectivity index (χ0) is 23.2. The van der Waals surface area contributed by atoms with Gasteiger partial charge in [-0.25, -0.2) is 0 Å². The number of benzene rings is 2. The molecule has 1 N–H and O–H groups in total. The van der Waals surface area contributed by atoms with E-state index in [2.05, 4.69) is 11.4 Å². The first-order valence-corrected chi connectivity index (χ1v) is 11.9. The lowest BCUT2D eigenvalue weighted by atomic mass is 9.96. The summed E-state index contributed by atoms with van der Waals surface area (Å²) in [7, 11) is 1.58. The number of nitrogens with one attached hydrogen (secondary N) is 1. The summed E-state index contributed by atoms with van der Waals surface area (Å²) in [6, 6.07) is 15.2. The lowest BCUT2D eigenvalue weighted by molar-refractivity contribution is -0.111. The Morgan fingerprint density at radius 2 is 1.97 bits per heavy atom. The number of methoxy groups -OCH3 is 1. The molecule has 0 radical (unpaired) electrons. The highest BCUT2D eigenvalue weighted by Crippen LogP contribution is 2.37. The molecular weight excluding hydrogens is 456 g/mol. The number of carbonyl (C=O) groups is 1. The Bertz CT molecular complexity index is 1230. The van der Waals surface area contributed by atoms with Gasteiger partial charge in [-0.15, -0.1) is 11.3 Å². The normalized spacial score (nSPS) is 12.8. The highest BCUT2D eigenvalue weighted by atomic mass is 35.5. The third kappa shape index (κ3) is 5.57. The fourth-order valence-corrected chi connectivity index (χ4v) is 5.12. The minimum atomic E-state index is -0.271. The molecule has 0 bridgehead atoms. The molecule has 3 aromatic rings. The largest absolute Gasteiger partial charge is 0.493 e. The minimum Gasteiger partial charge on any atom is -0.493 e. The van der Waals surface area contributed by atoms with E-state index in [1.54, 1.807) is 13.2 Å². The predicted molar refractivity (Wildman–Crippen MR) is 132 cm³/mol. The number of anilines is 1. The summed E-state index contributed by atoms with van der Waals surface area (Å²) >= 11 is 7.44. The zero-order valence-electron chi connectivity index (χ0n) is 18.2. The van der Waals surface area contributed by atoms with Gasteiger partial charge >= 0.3 is 0 Å². The summed E-state index contributed by atoms with van der Waals surface area (Å²) in [5.74, 6) is 0.910. The summed E-state index contributed by atoms with van der Waals surface area (Å²) in [5, 5.41) is 13.7. The lowest BCUT2D eigenvalue weighted by Gasteiger charge is -2.11. The minimum absolute atomic E-state index is 0.271. The van der Waals surface area contributed by atoms with Crippen LogP contribution in [0.3, 0.4) is 0 Å². The van der Waals surface area contributed by atoms with Crippen LogP contribution < -0.4 is 14.8 Å². The van der Waals surface area contributed by atoms with Crippen molar-refractivity contribution >= 4 is 39.9 Å². The van der Waals surface area contributed by atoms with Crippen molar-refractivity contribution < 1.29 is 14.3 Å². The highest BCUT2D eigenvalue weighted by Gasteiger charge is 2.21. The van der Waals surface area contributed by atoms with Crippen molar-refractivity contribution in [3.63, 3.8) is 0 Å². The van der Waals surface area contributed by atoms with Crippen molar-refractivity contribution in [3.05, 3.63) is 80.7 Å². The van der Waals surface area contributed by atoms with E-state index in [0.717, 1.165) is 42.4 Å². The molecule has 0 spiro atoms. The molecule has 1 heterocycles. The number of aryl methyl sites for hydroxylation is 1. The van der Waals surface area contributed by atoms with Gasteiger partial charge in [0.15, 0.2) is 11.5 Å². The molecule has 0 aliphatic heterocycles. The van der Waals surface area contributed by atoms with E-state index >= 15 is 0 Å². The first kappa shape index (κ1) is 22.9. The zero-order valence-corrected chi connectivity index (χ0v) is 19.8. The third-order valence-electron chi connectivity index (χ3n) is 5.44. The molecule has 1 amide bonds. The van der Waals surface area contributed by atoms with Crippen LogP contribution in [-0.4, -0.2) is 13.0 Å². The summed E-state index contributed by atoms with van der Waals surface area (Å²) in [6.07, 6.45) is 7.28. The second-order valence-electron chi connectivity index (χ2n) is 7.67. The van der Waals surface area contributed by atoms with Gasteiger partial charge in [-0.05, 0) is 72.7 Å². The van der Waals surface area contributed by atoms with E-state index in [1.807, 2.05) is 42.5 Å². The van der Waals surface area contributed by atoms with E-state index in [0.29, 0.717) is 33.7 Å². The maximum Gasteiger partial charge on any atom is 0.249 e. The van der Waals surface area contributed by atoms with Crippen molar-refractivity contribution in [2.45, 2.75) is 32.3 Å². The van der Waals surface area contributed by atoms with Gasteiger partial charge in [0.25, 0.3) is 0 Å². The van der Waals surface area contributed by atoms with Crippen molar-refractivity contribution in [1.82, 2.24) is 0 Å². The predicted octanol–water partition coefficient (Wildman–Crippen LogP) is 6.39. The number of carbonyl (C=O) groups excluding carboxylic acids is 1. The van der Waals surface area contributed by atoms with Gasteiger partial charge in [0.2, 0.25) is 5.91 Å². The Hall–Kier alpha value is -3.27. The summed E-state index contributed by atoms with van der Waals surface area (Å²) in [6.45, 7) is 0.386. The number of rotatable bonds is 7. The number of ether oxygens (including phenoxy) is 2. The SMILES string of the molecule is COc1cc(C=CC(=O)Nc2sc3c(c2C#N)CCCC3)ccc1OCc1ccc(Cl)cc1. The van der Waals surface area contributed by atoms with Crippen LogP contribution in [0, 0.1) is 11.3 Å². The highest BCUT2D eigenvalue weighted by molar-refractivity contribution is 7.16. The maximum absolute atomic E-state index is 12.5. The van der Waals surface area contributed by atoms with E-state index in [4.69, 9.17) is 21.1 Å². The Balaban J connectivity index is 1.41. The lowest BCUT2D eigenvalue weighted by Crippen LogP contribution is -2.07. The van der Waals surface area contributed by atoms with Crippen LogP contribution in [0.15, 0.2) is 48.5 Å². The molecule has 1 aliphatic rings. The number of fused-ring (bicyclic) bond motifs is 1. The van der Waals surface area contributed by atoms with Crippen molar-refractivity contribution in [3.8, 4) is 17.6 Å². The topological polar surface area (TPSA) is 71.3 Å². The molecular formula is C26H23ClN2O3S. The van der Waals surface area contributed by atoms with Gasteiger partial charge in [-0.2, -0.15) is 5.26 Å². The molecule has 5 nitrogen and oxygen atoms in total. The monoisotopic (exact) mass is 478 g/mol. The number of hydrogen-bond donors (Lipinski definition) is 1. The maximum atomic E-state index is 12.5. The van der Waals surface area contributed by atoms with Crippen LogP contribution in [-0.2, 0) is 24.2 Å². The standard InChI is InChI=1S/C26H23ClN2O3S/c1-31-23-14-17(8-12-22(23)32-16-18-6-10-19(27)11-7-18)9-13-25(30)29-26-21(15-28)20-4-2-3-5-24(20)33-26/h6-14H,2-5,16H2,1H3,(H,29,30). The van der Waals surface area contributed by atoms with Crippen LogP contribution in [0.1, 0.15) is 40.0 Å². The number of hydrogen-bond acceptors (Lipinski definition) is 5. The van der Waals surface area contributed by atoms with Crippen molar-refractivity contribution in [1.29, 1.82) is 5.26 Å². The molecule has 1 aliphatic carbocycles. The number of halogens is 1. The third-order valence-corrected chi connectivity index (χ3v) is 6.90. The Morgan fingerprint density at radius 1 is 1.18 bits per heavy atom. The van der Waals surface area contributed by atoms with Gasteiger partial charge in [0, 0.05) is 16.0 Å². The average Bonchev–Trinajstić information content (AvgIpc) is 3.19. The molecule has 0 unspecified atom stereocenters. The summed E-state index contributed by atoms with van der Waals surface area (Å²) in [4.78, 5) is 13.7. The molecule has 0 atom stereocenters. The van der Waals surface area contributed by atoms with Crippen LogP contribution in [0.5, 0.6) is 11.5 Å². The van der Waals surface area contributed by atoms with Gasteiger partial charge in [0.05, 0.1) is 12.7 Å². The molecule has 0 saturated carbocycles. The molecule has 0 saturated heterocycles. The molecule has 1 aromatic heterocycles. The second kappa shape index (κ2) is 10.6. The number of thiophene rings is 1. The number of nitriles is 1. The quantitative estimate of drug-likeness (QED) is 0.399. The van der Waals surface area contributed by atoms with Gasteiger partial charge < -0.3 is 14.8 Å². The number of amides is 1. The molecule has 0 fully saturated rings. The molecule has 33 heavy (non-hydrogen) atoms. The van der Waals surface area contributed by atoms with Gasteiger partial charge in [0.1, 0.15) is 17.7 Å². The number of nitrogens with zero attached hydrogens (tertiary/aromatic N) is 1. The Labute approximate surface area is 202 Å². The Kier molecular flexibility index (Phi) is 7.33. The van der Waals surface area contributed by atoms with Crippen LogP contribution in [0.25, 0.3) is 6.08 Å². The molecule has 4 rings (SSSR count). The van der Waals surface area contributed by atoms with E-state index < -0.39 is 0 Å². The average molecular weight is 479 g/mol. The molecule has 7 heteroatoms. The molecule has 168 valence electrons. The molecule has 2 aromatic carbocycles. The Morgan fingerprint density at radius 3 is 2.73 bits per heavy atom. The summed E-state index contributed by atoms with van der Waals surface area (Å²) in [5.41, 5.74) is 3.51. The van der Waals surface area contributed by atoms with Crippen LogP contribution in [0.2, 0.25) is 5.02 Å². The summed E-state index contributed by atoms with van der Waals surface area (Å²) < 4.78 is 11.3. The second-order valence-corrected chi connectivity index (χ2v) is 9.22. The first-order valence-electron chi connectivity index (χ1n) is 10.7.